The number of carbonyl (C=O) groups is 1. The van der Waals surface area contributed by atoms with Crippen LogP contribution in [0.1, 0.15) is 26.7 Å². The lowest BCUT2D eigenvalue weighted by molar-refractivity contribution is -0.117. The van der Waals surface area contributed by atoms with Crippen molar-refractivity contribution in [2.75, 3.05) is 57.9 Å². The van der Waals surface area contributed by atoms with Gasteiger partial charge in [-0.1, -0.05) is 6.92 Å². The fourth-order valence-corrected chi connectivity index (χ4v) is 5.03. The molecule has 2 fully saturated rings. The SMILES string of the molecule is CCOc1ccc(S(=O)(=O)N2CCOCC2)cc1NC(=O)CN1CCC(C)CC1. The van der Waals surface area contributed by atoms with Crippen LogP contribution in [0, 0.1) is 5.92 Å². The highest BCUT2D eigenvalue weighted by atomic mass is 32.2. The van der Waals surface area contributed by atoms with E-state index in [9.17, 15) is 13.2 Å². The molecule has 29 heavy (non-hydrogen) atoms. The Morgan fingerprint density at radius 1 is 1.21 bits per heavy atom. The van der Waals surface area contributed by atoms with Crippen LogP contribution in [0.5, 0.6) is 5.75 Å². The molecule has 0 radical (unpaired) electrons. The Bertz CT molecular complexity index is 800. The summed E-state index contributed by atoms with van der Waals surface area (Å²) in [5.41, 5.74) is 0.386. The number of benzene rings is 1. The lowest BCUT2D eigenvalue weighted by Crippen LogP contribution is -2.40. The smallest absolute Gasteiger partial charge is 0.243 e. The van der Waals surface area contributed by atoms with Crippen LogP contribution < -0.4 is 10.1 Å². The average Bonchev–Trinajstić information content (AvgIpc) is 2.72. The second-order valence-electron chi connectivity index (χ2n) is 7.61. The van der Waals surface area contributed by atoms with Gasteiger partial charge in [-0.15, -0.1) is 0 Å². The molecular formula is C20H31N3O5S. The maximum Gasteiger partial charge on any atom is 0.243 e. The van der Waals surface area contributed by atoms with Gasteiger partial charge in [0.15, 0.2) is 0 Å². The minimum Gasteiger partial charge on any atom is -0.492 e. The molecule has 9 heteroatoms. The van der Waals surface area contributed by atoms with Crippen LogP contribution in [-0.4, -0.2) is 76.1 Å². The van der Waals surface area contributed by atoms with E-state index in [1.54, 1.807) is 6.07 Å². The number of nitrogens with one attached hydrogen (secondary N) is 1. The molecule has 2 heterocycles. The van der Waals surface area contributed by atoms with Crippen LogP contribution >= 0.6 is 0 Å². The second-order valence-corrected chi connectivity index (χ2v) is 9.55. The Morgan fingerprint density at radius 2 is 1.90 bits per heavy atom. The number of rotatable bonds is 7. The zero-order chi connectivity index (χ0) is 20.9. The van der Waals surface area contributed by atoms with Crippen molar-refractivity contribution in [3.63, 3.8) is 0 Å². The number of carbonyl (C=O) groups excluding carboxylic acids is 1. The first-order valence-electron chi connectivity index (χ1n) is 10.3. The normalized spacial score (nSPS) is 19.8. The van der Waals surface area contributed by atoms with Crippen molar-refractivity contribution in [1.82, 2.24) is 9.21 Å². The molecule has 162 valence electrons. The molecule has 1 aromatic carbocycles. The zero-order valence-electron chi connectivity index (χ0n) is 17.2. The predicted octanol–water partition coefficient (Wildman–Crippen LogP) is 1.78. The summed E-state index contributed by atoms with van der Waals surface area (Å²) in [6.45, 7) is 8.00. The number of anilines is 1. The number of hydrogen-bond acceptors (Lipinski definition) is 6. The number of hydrogen-bond donors (Lipinski definition) is 1. The van der Waals surface area contributed by atoms with Gasteiger partial charge in [0, 0.05) is 13.1 Å². The number of piperidine rings is 1. The van der Waals surface area contributed by atoms with Gasteiger partial charge in [-0.3, -0.25) is 9.69 Å². The minimum absolute atomic E-state index is 0.143. The number of likely N-dealkylation sites (tertiary alicyclic amines) is 1. The molecule has 0 unspecified atom stereocenters. The largest absolute Gasteiger partial charge is 0.492 e. The number of sulfonamides is 1. The van der Waals surface area contributed by atoms with E-state index < -0.39 is 10.0 Å². The Labute approximate surface area is 173 Å². The molecule has 0 saturated carbocycles. The van der Waals surface area contributed by atoms with Crippen molar-refractivity contribution in [2.24, 2.45) is 5.92 Å². The highest BCUT2D eigenvalue weighted by molar-refractivity contribution is 7.89. The molecule has 8 nitrogen and oxygen atoms in total. The van der Waals surface area contributed by atoms with Crippen molar-refractivity contribution < 1.29 is 22.7 Å². The van der Waals surface area contributed by atoms with Crippen LogP contribution in [0.15, 0.2) is 23.1 Å². The van der Waals surface area contributed by atoms with Gasteiger partial charge in [0.25, 0.3) is 0 Å². The van der Waals surface area contributed by atoms with Gasteiger partial charge in [-0.05, 0) is 57.0 Å². The molecule has 0 aromatic heterocycles. The van der Waals surface area contributed by atoms with Crippen molar-refractivity contribution in [3.05, 3.63) is 18.2 Å². The highest BCUT2D eigenvalue weighted by Crippen LogP contribution is 2.29. The summed E-state index contributed by atoms with van der Waals surface area (Å²) in [5.74, 6) is 0.997. The summed E-state index contributed by atoms with van der Waals surface area (Å²) in [6.07, 6.45) is 2.18. The van der Waals surface area contributed by atoms with Gasteiger partial charge < -0.3 is 14.8 Å². The fraction of sp³-hybridized carbons (Fsp3) is 0.650. The molecule has 0 spiro atoms. The summed E-state index contributed by atoms with van der Waals surface area (Å²) < 4.78 is 38.2. The highest BCUT2D eigenvalue weighted by Gasteiger charge is 2.27. The van der Waals surface area contributed by atoms with Crippen LogP contribution in [0.2, 0.25) is 0 Å². The number of nitrogens with zero attached hydrogens (tertiary/aromatic N) is 2. The molecule has 0 atom stereocenters. The van der Waals surface area contributed by atoms with Gasteiger partial charge in [-0.25, -0.2) is 8.42 Å². The average molecular weight is 426 g/mol. The summed E-state index contributed by atoms with van der Waals surface area (Å²) in [5, 5.41) is 2.86. The van der Waals surface area contributed by atoms with Gasteiger partial charge >= 0.3 is 0 Å². The van der Waals surface area contributed by atoms with E-state index in [0.717, 1.165) is 25.9 Å². The van der Waals surface area contributed by atoms with Gasteiger partial charge in [-0.2, -0.15) is 4.31 Å². The maximum absolute atomic E-state index is 13.0. The van der Waals surface area contributed by atoms with Crippen molar-refractivity contribution in [3.8, 4) is 5.75 Å². The van der Waals surface area contributed by atoms with Gasteiger partial charge in [0.2, 0.25) is 15.9 Å². The number of ether oxygens (including phenoxy) is 2. The Kier molecular flexibility index (Phi) is 7.50. The molecule has 2 aliphatic rings. The zero-order valence-corrected chi connectivity index (χ0v) is 18.0. The first-order chi connectivity index (χ1) is 13.9. The molecule has 3 rings (SSSR count). The first-order valence-corrected chi connectivity index (χ1v) is 11.7. The van der Waals surface area contributed by atoms with Gasteiger partial charge in [0.05, 0.1) is 36.9 Å². The predicted molar refractivity (Wildman–Crippen MR) is 111 cm³/mol. The molecule has 0 bridgehead atoms. The fourth-order valence-electron chi connectivity index (χ4n) is 3.60. The van der Waals surface area contributed by atoms with Crippen LogP contribution in [0.3, 0.4) is 0 Å². The van der Waals surface area contributed by atoms with Gasteiger partial charge in [0.1, 0.15) is 5.75 Å². The minimum atomic E-state index is -3.65. The van der Waals surface area contributed by atoms with E-state index in [-0.39, 0.29) is 10.8 Å². The van der Waals surface area contributed by atoms with Crippen LogP contribution in [0.25, 0.3) is 0 Å². The first kappa shape index (κ1) is 22.0. The van der Waals surface area contributed by atoms with E-state index in [1.165, 1.54) is 16.4 Å². The quantitative estimate of drug-likeness (QED) is 0.716. The van der Waals surface area contributed by atoms with E-state index in [4.69, 9.17) is 9.47 Å². The van der Waals surface area contributed by atoms with E-state index in [0.29, 0.717) is 56.8 Å². The van der Waals surface area contributed by atoms with Crippen LogP contribution in [0.4, 0.5) is 5.69 Å². The van der Waals surface area contributed by atoms with Crippen molar-refractivity contribution in [1.29, 1.82) is 0 Å². The second kappa shape index (κ2) is 9.88. The third-order valence-corrected chi connectivity index (χ3v) is 7.27. The lowest BCUT2D eigenvalue weighted by atomic mass is 9.99. The Hall–Kier alpha value is -1.68. The van der Waals surface area contributed by atoms with Crippen molar-refractivity contribution in [2.45, 2.75) is 31.6 Å². The van der Waals surface area contributed by atoms with E-state index in [1.807, 2.05) is 6.92 Å². The standard InChI is InChI=1S/C20H31N3O5S/c1-3-28-19-5-4-17(29(25,26)23-10-12-27-13-11-23)14-18(19)21-20(24)15-22-8-6-16(2)7-9-22/h4-5,14,16H,3,6-13,15H2,1-2H3,(H,21,24). The summed E-state index contributed by atoms with van der Waals surface area (Å²) >= 11 is 0. The topological polar surface area (TPSA) is 88.2 Å². The Morgan fingerprint density at radius 3 is 2.55 bits per heavy atom. The molecular weight excluding hydrogens is 394 g/mol. The van der Waals surface area contributed by atoms with E-state index >= 15 is 0 Å². The number of amides is 1. The lowest BCUT2D eigenvalue weighted by Gasteiger charge is -2.29. The molecule has 1 aromatic rings. The molecule has 2 saturated heterocycles. The molecule has 0 aliphatic carbocycles. The van der Waals surface area contributed by atoms with Crippen LogP contribution in [-0.2, 0) is 19.6 Å². The third-order valence-electron chi connectivity index (χ3n) is 5.38. The van der Waals surface area contributed by atoms with Crippen molar-refractivity contribution >= 4 is 21.6 Å². The monoisotopic (exact) mass is 425 g/mol. The van der Waals surface area contributed by atoms with E-state index in [2.05, 4.69) is 17.1 Å². The molecule has 2 aliphatic heterocycles. The molecule has 1 N–H and O–H groups in total. The maximum atomic E-state index is 13.0. The third kappa shape index (κ3) is 5.69. The number of morpholine rings is 1. The summed E-state index contributed by atoms with van der Waals surface area (Å²) in [6, 6.07) is 4.62. The molecule has 1 amide bonds. The summed E-state index contributed by atoms with van der Waals surface area (Å²) in [7, 11) is -3.65. The Balaban J connectivity index is 1.75. The summed E-state index contributed by atoms with van der Waals surface area (Å²) in [4.78, 5) is 14.9.